The summed E-state index contributed by atoms with van der Waals surface area (Å²) in [5.41, 5.74) is 1.32. The maximum atomic E-state index is 12.4. The summed E-state index contributed by atoms with van der Waals surface area (Å²) in [6.07, 6.45) is 0.00101. The molecular weight excluding hydrogens is 458 g/mol. The number of carbonyl (C=O) groups is 4. The molecule has 1 heterocycles. The topological polar surface area (TPSA) is 90.0 Å². The average molecular weight is 478 g/mol. The SMILES string of the molecule is O=C(COC(=O)[C@@H]1CC(=O)N(c2cccc(Cl)c2)C1)c1ccc(OC(=O)c2ccccc2)cc1. The molecule has 1 amide bonds. The van der Waals surface area contributed by atoms with Crippen molar-refractivity contribution in [2.45, 2.75) is 6.42 Å². The normalized spacial score (nSPS) is 15.1. The fraction of sp³-hybridized carbons (Fsp3) is 0.154. The molecule has 172 valence electrons. The van der Waals surface area contributed by atoms with Gasteiger partial charge in [0.25, 0.3) is 0 Å². The first-order valence-electron chi connectivity index (χ1n) is 10.5. The summed E-state index contributed by atoms with van der Waals surface area (Å²) < 4.78 is 10.5. The first kappa shape index (κ1) is 23.2. The molecule has 1 aliphatic heterocycles. The third-order valence-corrected chi connectivity index (χ3v) is 5.56. The van der Waals surface area contributed by atoms with E-state index in [0.29, 0.717) is 21.8 Å². The quantitative estimate of drug-likeness (QED) is 0.286. The molecule has 4 rings (SSSR count). The van der Waals surface area contributed by atoms with Crippen molar-refractivity contribution in [2.24, 2.45) is 5.92 Å². The van der Waals surface area contributed by atoms with Crippen LogP contribution in [0.1, 0.15) is 27.1 Å². The highest BCUT2D eigenvalue weighted by Gasteiger charge is 2.36. The number of halogens is 1. The van der Waals surface area contributed by atoms with E-state index in [2.05, 4.69) is 0 Å². The largest absolute Gasteiger partial charge is 0.457 e. The molecule has 1 atom stereocenters. The van der Waals surface area contributed by atoms with Gasteiger partial charge in [0.15, 0.2) is 12.4 Å². The maximum absolute atomic E-state index is 12.4. The van der Waals surface area contributed by atoms with E-state index in [1.165, 1.54) is 29.2 Å². The molecule has 1 saturated heterocycles. The van der Waals surface area contributed by atoms with Gasteiger partial charge in [-0.3, -0.25) is 14.4 Å². The molecule has 0 bridgehead atoms. The molecular formula is C26H20ClNO6. The van der Waals surface area contributed by atoms with Crippen LogP contribution in [0.2, 0.25) is 5.02 Å². The monoisotopic (exact) mass is 477 g/mol. The number of rotatable bonds is 7. The lowest BCUT2D eigenvalue weighted by Gasteiger charge is -2.16. The summed E-state index contributed by atoms with van der Waals surface area (Å²) in [5, 5.41) is 0.489. The van der Waals surface area contributed by atoms with E-state index in [1.54, 1.807) is 54.6 Å². The molecule has 0 saturated carbocycles. The van der Waals surface area contributed by atoms with Crippen LogP contribution in [-0.2, 0) is 14.3 Å². The van der Waals surface area contributed by atoms with Gasteiger partial charge in [0, 0.05) is 29.2 Å². The Bertz CT molecular complexity index is 1230. The summed E-state index contributed by atoms with van der Waals surface area (Å²) in [6.45, 7) is -0.294. The van der Waals surface area contributed by atoms with E-state index >= 15 is 0 Å². The second kappa shape index (κ2) is 10.3. The number of benzene rings is 3. The van der Waals surface area contributed by atoms with Gasteiger partial charge in [0.1, 0.15) is 5.75 Å². The standard InChI is InChI=1S/C26H20ClNO6/c27-20-7-4-8-21(14-20)28-15-19(13-24(28)30)25(31)33-16-23(29)17-9-11-22(12-10-17)34-26(32)18-5-2-1-3-6-18/h1-12,14,19H,13,15-16H2/t19-/m1/s1. The lowest BCUT2D eigenvalue weighted by Crippen LogP contribution is -2.27. The van der Waals surface area contributed by atoms with Crippen LogP contribution >= 0.6 is 11.6 Å². The van der Waals surface area contributed by atoms with Crippen molar-refractivity contribution in [3.05, 3.63) is 95.0 Å². The van der Waals surface area contributed by atoms with Gasteiger partial charge in [-0.25, -0.2) is 4.79 Å². The number of hydrogen-bond donors (Lipinski definition) is 0. The Morgan fingerprint density at radius 3 is 2.35 bits per heavy atom. The lowest BCUT2D eigenvalue weighted by atomic mass is 10.1. The van der Waals surface area contributed by atoms with Crippen molar-refractivity contribution in [1.29, 1.82) is 0 Å². The number of anilines is 1. The summed E-state index contributed by atoms with van der Waals surface area (Å²) in [4.78, 5) is 50.8. The molecule has 0 unspecified atom stereocenters. The Balaban J connectivity index is 1.29. The lowest BCUT2D eigenvalue weighted by molar-refractivity contribution is -0.147. The van der Waals surface area contributed by atoms with Crippen molar-refractivity contribution in [2.75, 3.05) is 18.1 Å². The van der Waals surface area contributed by atoms with Gasteiger partial charge in [-0.05, 0) is 54.6 Å². The highest BCUT2D eigenvalue weighted by molar-refractivity contribution is 6.31. The number of carbonyl (C=O) groups excluding carboxylic acids is 4. The van der Waals surface area contributed by atoms with Crippen molar-refractivity contribution >= 4 is 40.9 Å². The van der Waals surface area contributed by atoms with Gasteiger partial charge >= 0.3 is 11.9 Å². The second-order valence-electron chi connectivity index (χ2n) is 7.70. The smallest absolute Gasteiger partial charge is 0.343 e. The third-order valence-electron chi connectivity index (χ3n) is 5.32. The minimum Gasteiger partial charge on any atom is -0.457 e. The van der Waals surface area contributed by atoms with Crippen LogP contribution in [-0.4, -0.2) is 36.8 Å². The van der Waals surface area contributed by atoms with Crippen molar-refractivity contribution in [3.63, 3.8) is 0 Å². The minimum atomic E-state index is -0.668. The van der Waals surface area contributed by atoms with Crippen molar-refractivity contribution in [3.8, 4) is 5.75 Å². The van der Waals surface area contributed by atoms with Gasteiger partial charge < -0.3 is 14.4 Å². The molecule has 0 spiro atoms. The molecule has 34 heavy (non-hydrogen) atoms. The zero-order valence-electron chi connectivity index (χ0n) is 18.0. The molecule has 0 radical (unpaired) electrons. The molecule has 1 fully saturated rings. The molecule has 3 aromatic carbocycles. The fourth-order valence-electron chi connectivity index (χ4n) is 3.55. The summed E-state index contributed by atoms with van der Waals surface area (Å²) in [6, 6.07) is 21.3. The number of ketones is 1. The number of esters is 2. The highest BCUT2D eigenvalue weighted by Crippen LogP contribution is 2.27. The summed E-state index contributed by atoms with van der Waals surface area (Å²) in [5.74, 6) is -2.13. The van der Waals surface area contributed by atoms with Gasteiger partial charge in [-0.1, -0.05) is 35.9 Å². The van der Waals surface area contributed by atoms with Crippen LogP contribution in [0.5, 0.6) is 5.75 Å². The van der Waals surface area contributed by atoms with Gasteiger partial charge in [0.2, 0.25) is 5.91 Å². The Hall–Kier alpha value is -3.97. The highest BCUT2D eigenvalue weighted by atomic mass is 35.5. The van der Waals surface area contributed by atoms with Crippen LogP contribution in [0.3, 0.4) is 0 Å². The maximum Gasteiger partial charge on any atom is 0.343 e. The van der Waals surface area contributed by atoms with Gasteiger partial charge in [-0.2, -0.15) is 0 Å². The number of Topliss-reactive ketones (excluding diaryl/α,β-unsaturated/α-hetero) is 1. The van der Waals surface area contributed by atoms with Crippen LogP contribution in [0.25, 0.3) is 0 Å². The van der Waals surface area contributed by atoms with E-state index in [-0.39, 0.29) is 24.6 Å². The molecule has 7 nitrogen and oxygen atoms in total. The van der Waals surface area contributed by atoms with Gasteiger partial charge in [0.05, 0.1) is 11.5 Å². The second-order valence-corrected chi connectivity index (χ2v) is 8.13. The van der Waals surface area contributed by atoms with Crippen LogP contribution in [0.15, 0.2) is 78.9 Å². The summed E-state index contributed by atoms with van der Waals surface area (Å²) >= 11 is 5.98. The molecule has 1 aliphatic rings. The van der Waals surface area contributed by atoms with E-state index in [1.807, 2.05) is 0 Å². The van der Waals surface area contributed by atoms with E-state index in [4.69, 9.17) is 21.1 Å². The zero-order valence-corrected chi connectivity index (χ0v) is 18.7. The van der Waals surface area contributed by atoms with E-state index in [9.17, 15) is 19.2 Å². The molecule has 0 aromatic heterocycles. The van der Waals surface area contributed by atoms with E-state index < -0.39 is 30.2 Å². The first-order chi connectivity index (χ1) is 16.4. The third kappa shape index (κ3) is 5.50. The van der Waals surface area contributed by atoms with Crippen LogP contribution in [0, 0.1) is 5.92 Å². The minimum absolute atomic E-state index is 0.00101. The van der Waals surface area contributed by atoms with Crippen molar-refractivity contribution in [1.82, 2.24) is 0 Å². The molecule has 8 heteroatoms. The number of amides is 1. The number of nitrogens with zero attached hydrogens (tertiary/aromatic N) is 1. The number of ether oxygens (including phenoxy) is 2. The van der Waals surface area contributed by atoms with E-state index in [0.717, 1.165) is 0 Å². The van der Waals surface area contributed by atoms with Gasteiger partial charge in [-0.15, -0.1) is 0 Å². The molecule has 3 aromatic rings. The van der Waals surface area contributed by atoms with Crippen LogP contribution < -0.4 is 9.64 Å². The predicted octanol–water partition coefficient (Wildman–Crippen LogP) is 4.34. The first-order valence-corrected chi connectivity index (χ1v) is 10.9. The Morgan fingerprint density at radius 2 is 1.65 bits per heavy atom. The fourth-order valence-corrected chi connectivity index (χ4v) is 3.73. The van der Waals surface area contributed by atoms with Crippen molar-refractivity contribution < 1.29 is 28.7 Å². The molecule has 0 aliphatic carbocycles. The predicted molar refractivity (Wildman–Crippen MR) is 125 cm³/mol. The average Bonchev–Trinajstić information content (AvgIpc) is 3.25. The molecule has 0 N–H and O–H groups in total. The number of hydrogen-bond acceptors (Lipinski definition) is 6. The Labute approximate surface area is 200 Å². The summed E-state index contributed by atoms with van der Waals surface area (Å²) in [7, 11) is 0. The zero-order chi connectivity index (χ0) is 24.1. The Kier molecular flexibility index (Phi) is 7.04. The Morgan fingerprint density at radius 1 is 0.912 bits per heavy atom. The van der Waals surface area contributed by atoms with Crippen LogP contribution in [0.4, 0.5) is 5.69 Å².